The summed E-state index contributed by atoms with van der Waals surface area (Å²) in [5, 5.41) is 9.77. The number of hydrogen-bond donors (Lipinski definition) is 1. The summed E-state index contributed by atoms with van der Waals surface area (Å²) in [5.74, 6) is -0.727. The number of benzene rings is 1. The van der Waals surface area contributed by atoms with Gasteiger partial charge < -0.3 is 9.84 Å². The number of alkyl halides is 1. The fourth-order valence-electron chi connectivity index (χ4n) is 1.14. The van der Waals surface area contributed by atoms with Gasteiger partial charge in [0.1, 0.15) is 11.3 Å². The summed E-state index contributed by atoms with van der Waals surface area (Å²) in [6.45, 7) is 0. The zero-order valence-corrected chi connectivity index (χ0v) is 9.72. The van der Waals surface area contributed by atoms with Crippen LogP contribution in [0, 0.1) is 0 Å². The molecule has 0 saturated carbocycles. The number of carboxylic acid groups (broad SMARTS) is 1. The average Bonchev–Trinajstić information content (AvgIpc) is 2.17. The fourth-order valence-corrected chi connectivity index (χ4v) is 2.10. The molecule has 0 bridgehead atoms. The molecule has 1 N–H and O–H groups in total. The number of hydrogen-bond acceptors (Lipinski definition) is 2. The highest BCUT2D eigenvalue weighted by Crippen LogP contribution is 2.30. The first kappa shape index (κ1) is 11.3. The third kappa shape index (κ3) is 2.01. The highest BCUT2D eigenvalue weighted by Gasteiger charge is 2.18. The summed E-state index contributed by atoms with van der Waals surface area (Å²) in [4.78, 5) is 11.0. The predicted molar refractivity (Wildman–Crippen MR) is 57.6 cm³/mol. The number of ether oxygens (including phenoxy) is 1. The molecule has 0 amide bonds. The van der Waals surface area contributed by atoms with Crippen LogP contribution >= 0.6 is 27.5 Å². The first-order valence-corrected chi connectivity index (χ1v) is 5.26. The van der Waals surface area contributed by atoms with Crippen LogP contribution in [-0.2, 0) is 5.33 Å². The molecule has 0 atom stereocenters. The highest BCUT2D eigenvalue weighted by atomic mass is 79.9. The van der Waals surface area contributed by atoms with E-state index in [2.05, 4.69) is 15.9 Å². The van der Waals surface area contributed by atoms with E-state index in [4.69, 9.17) is 21.4 Å². The number of carbonyl (C=O) groups is 1. The van der Waals surface area contributed by atoms with Crippen molar-refractivity contribution in [3.63, 3.8) is 0 Å². The van der Waals surface area contributed by atoms with Crippen molar-refractivity contribution in [2.45, 2.75) is 5.33 Å². The Hall–Kier alpha value is -0.740. The van der Waals surface area contributed by atoms with Crippen LogP contribution in [-0.4, -0.2) is 18.2 Å². The Kier molecular flexibility index (Phi) is 3.77. The number of methoxy groups -OCH3 is 1. The molecule has 0 fully saturated rings. The fraction of sp³-hybridized carbons (Fsp3) is 0.222. The number of rotatable bonds is 3. The summed E-state index contributed by atoms with van der Waals surface area (Å²) in [6, 6.07) is 3.15. The quantitative estimate of drug-likeness (QED) is 0.865. The first-order chi connectivity index (χ1) is 6.61. The van der Waals surface area contributed by atoms with Gasteiger partial charge in [-0.25, -0.2) is 4.79 Å². The van der Waals surface area contributed by atoms with Crippen molar-refractivity contribution >= 4 is 33.5 Å². The molecule has 0 aliphatic heterocycles. The summed E-state index contributed by atoms with van der Waals surface area (Å²) in [7, 11) is 1.42. The minimum Gasteiger partial charge on any atom is -0.496 e. The van der Waals surface area contributed by atoms with Crippen molar-refractivity contribution in [2.24, 2.45) is 0 Å². The van der Waals surface area contributed by atoms with Gasteiger partial charge >= 0.3 is 5.97 Å². The largest absolute Gasteiger partial charge is 0.496 e. The lowest BCUT2D eigenvalue weighted by molar-refractivity contribution is 0.0692. The molecule has 0 heterocycles. The average molecular weight is 280 g/mol. The molecule has 0 aliphatic rings. The van der Waals surface area contributed by atoms with Crippen molar-refractivity contribution in [2.75, 3.05) is 7.11 Å². The van der Waals surface area contributed by atoms with E-state index in [9.17, 15) is 4.79 Å². The van der Waals surface area contributed by atoms with Gasteiger partial charge in [0.05, 0.1) is 7.11 Å². The number of halogens is 2. The van der Waals surface area contributed by atoms with Gasteiger partial charge in [0.2, 0.25) is 0 Å². The molecule has 5 heteroatoms. The third-order valence-electron chi connectivity index (χ3n) is 1.78. The van der Waals surface area contributed by atoms with Crippen LogP contribution in [0.15, 0.2) is 12.1 Å². The van der Waals surface area contributed by atoms with Crippen molar-refractivity contribution < 1.29 is 14.6 Å². The molecule has 0 radical (unpaired) electrons. The Morgan fingerprint density at radius 2 is 2.29 bits per heavy atom. The van der Waals surface area contributed by atoms with Gasteiger partial charge in [-0.2, -0.15) is 0 Å². The van der Waals surface area contributed by atoms with E-state index in [1.807, 2.05) is 0 Å². The van der Waals surface area contributed by atoms with Crippen LogP contribution in [0.3, 0.4) is 0 Å². The summed E-state index contributed by atoms with van der Waals surface area (Å²) >= 11 is 9.04. The van der Waals surface area contributed by atoms with E-state index in [0.717, 1.165) is 0 Å². The number of carboxylic acids is 1. The smallest absolute Gasteiger partial charge is 0.339 e. The van der Waals surface area contributed by atoms with Gasteiger partial charge in [0.25, 0.3) is 0 Å². The zero-order chi connectivity index (χ0) is 10.7. The Balaban J connectivity index is 3.43. The molecule has 0 spiro atoms. The molecule has 0 unspecified atom stereocenters. The Labute approximate surface area is 94.8 Å². The van der Waals surface area contributed by atoms with Crippen LogP contribution in [0.5, 0.6) is 5.75 Å². The monoisotopic (exact) mass is 278 g/mol. The zero-order valence-electron chi connectivity index (χ0n) is 7.38. The van der Waals surface area contributed by atoms with Crippen molar-refractivity contribution in [3.8, 4) is 5.75 Å². The summed E-state index contributed by atoms with van der Waals surface area (Å²) in [5.41, 5.74) is 0.635. The lowest BCUT2D eigenvalue weighted by Gasteiger charge is -2.09. The normalized spacial score (nSPS) is 9.93. The molecule has 76 valence electrons. The maximum absolute atomic E-state index is 11.0. The molecule has 0 aliphatic carbocycles. The first-order valence-electron chi connectivity index (χ1n) is 3.76. The lowest BCUT2D eigenvalue weighted by atomic mass is 10.1. The summed E-state index contributed by atoms with van der Waals surface area (Å²) in [6.07, 6.45) is 0. The maximum atomic E-state index is 11.0. The second kappa shape index (κ2) is 4.66. The van der Waals surface area contributed by atoms with Gasteiger partial charge in [-0.1, -0.05) is 27.5 Å². The predicted octanol–water partition coefficient (Wildman–Crippen LogP) is 2.94. The molecule has 14 heavy (non-hydrogen) atoms. The minimum atomic E-state index is -1.04. The SMILES string of the molecule is COc1ccc(Cl)c(CBr)c1C(=O)O. The molecular formula is C9H8BrClO3. The van der Waals surface area contributed by atoms with Crippen molar-refractivity contribution in [1.82, 2.24) is 0 Å². The second-order valence-electron chi connectivity index (χ2n) is 2.54. The Morgan fingerprint density at radius 1 is 1.64 bits per heavy atom. The Bertz CT molecular complexity index is 365. The van der Waals surface area contributed by atoms with E-state index >= 15 is 0 Å². The second-order valence-corrected chi connectivity index (χ2v) is 3.51. The van der Waals surface area contributed by atoms with E-state index < -0.39 is 5.97 Å². The topological polar surface area (TPSA) is 46.5 Å². The van der Waals surface area contributed by atoms with Gasteiger partial charge in [0.15, 0.2) is 0 Å². The molecule has 1 aromatic carbocycles. The Morgan fingerprint density at radius 3 is 2.71 bits per heavy atom. The minimum absolute atomic E-state index is 0.108. The maximum Gasteiger partial charge on any atom is 0.339 e. The summed E-state index contributed by atoms with van der Waals surface area (Å²) < 4.78 is 4.94. The molecule has 0 aromatic heterocycles. The van der Waals surface area contributed by atoms with E-state index in [0.29, 0.717) is 21.7 Å². The van der Waals surface area contributed by atoms with Gasteiger partial charge in [0, 0.05) is 10.4 Å². The van der Waals surface area contributed by atoms with Gasteiger partial charge in [-0.15, -0.1) is 0 Å². The van der Waals surface area contributed by atoms with Gasteiger partial charge in [-0.3, -0.25) is 0 Å². The highest BCUT2D eigenvalue weighted by molar-refractivity contribution is 9.08. The van der Waals surface area contributed by atoms with Crippen molar-refractivity contribution in [3.05, 3.63) is 28.3 Å². The standard InChI is InChI=1S/C9H8BrClO3/c1-14-7-3-2-6(11)5(4-10)8(7)9(12)13/h2-3H,4H2,1H3,(H,12,13). The van der Waals surface area contributed by atoms with E-state index in [1.54, 1.807) is 6.07 Å². The van der Waals surface area contributed by atoms with Crippen molar-refractivity contribution in [1.29, 1.82) is 0 Å². The van der Waals surface area contributed by atoms with Crippen LogP contribution in [0.4, 0.5) is 0 Å². The van der Waals surface area contributed by atoms with E-state index in [1.165, 1.54) is 13.2 Å². The van der Waals surface area contributed by atoms with Crippen LogP contribution in [0.1, 0.15) is 15.9 Å². The third-order valence-corrected chi connectivity index (χ3v) is 2.70. The molecular weight excluding hydrogens is 271 g/mol. The molecule has 1 rings (SSSR count). The molecule has 0 saturated heterocycles. The van der Waals surface area contributed by atoms with E-state index in [-0.39, 0.29) is 5.56 Å². The van der Waals surface area contributed by atoms with Gasteiger partial charge in [-0.05, 0) is 17.7 Å². The molecule has 3 nitrogen and oxygen atoms in total. The molecule has 1 aromatic rings. The lowest BCUT2D eigenvalue weighted by Crippen LogP contribution is -2.05. The van der Waals surface area contributed by atoms with Crippen LogP contribution in [0.25, 0.3) is 0 Å². The number of aromatic carboxylic acids is 1. The van der Waals surface area contributed by atoms with Crippen LogP contribution in [0.2, 0.25) is 5.02 Å². The van der Waals surface area contributed by atoms with Crippen LogP contribution < -0.4 is 4.74 Å².